The normalized spacial score (nSPS) is 17.4. The fourth-order valence-corrected chi connectivity index (χ4v) is 5.58. The van der Waals surface area contributed by atoms with E-state index in [-0.39, 0.29) is 18.0 Å². The molecule has 0 radical (unpaired) electrons. The Morgan fingerprint density at radius 1 is 1.07 bits per heavy atom. The van der Waals surface area contributed by atoms with Crippen molar-refractivity contribution >= 4 is 42.8 Å². The van der Waals surface area contributed by atoms with Crippen molar-refractivity contribution in [2.24, 2.45) is 0 Å². The number of nitrogens with zero attached hydrogens (tertiary/aromatic N) is 2. The van der Waals surface area contributed by atoms with E-state index >= 15 is 0 Å². The highest BCUT2D eigenvalue weighted by molar-refractivity contribution is 9.10. The Kier molecular flexibility index (Phi) is 5.48. The van der Waals surface area contributed by atoms with Gasteiger partial charge in [-0.3, -0.25) is 9.69 Å². The van der Waals surface area contributed by atoms with Gasteiger partial charge in [-0.2, -0.15) is 4.31 Å². The van der Waals surface area contributed by atoms with Crippen LogP contribution in [0.15, 0.2) is 64.1 Å². The maximum atomic E-state index is 12.8. The molecular weight excluding hydrogens is 458 g/mol. The van der Waals surface area contributed by atoms with Crippen molar-refractivity contribution in [2.75, 3.05) is 26.2 Å². The zero-order chi connectivity index (χ0) is 20.6. The maximum Gasteiger partial charge on any atom is 0.325 e. The highest BCUT2D eigenvalue weighted by atomic mass is 79.9. The summed E-state index contributed by atoms with van der Waals surface area (Å²) in [5.41, 5.74) is 1.53. The van der Waals surface area contributed by atoms with Gasteiger partial charge in [-0.1, -0.05) is 40.2 Å². The molecule has 1 saturated heterocycles. The number of fused-ring (bicyclic) bond motifs is 1. The van der Waals surface area contributed by atoms with E-state index < -0.39 is 22.0 Å². The minimum Gasteiger partial charge on any atom is -0.480 e. The van der Waals surface area contributed by atoms with E-state index in [1.165, 1.54) is 4.31 Å². The number of piperazine rings is 1. The predicted molar refractivity (Wildman–Crippen MR) is 113 cm³/mol. The van der Waals surface area contributed by atoms with E-state index in [4.69, 9.17) is 0 Å². The number of hydrogen-bond donors (Lipinski definition) is 2. The van der Waals surface area contributed by atoms with Crippen LogP contribution in [0.25, 0.3) is 10.9 Å². The molecule has 0 spiro atoms. The van der Waals surface area contributed by atoms with Gasteiger partial charge in [0, 0.05) is 53.3 Å². The summed E-state index contributed by atoms with van der Waals surface area (Å²) in [6, 6.07) is 13.1. The van der Waals surface area contributed by atoms with Gasteiger partial charge in [-0.05, 0) is 24.3 Å². The Morgan fingerprint density at radius 3 is 2.41 bits per heavy atom. The second-order valence-electron chi connectivity index (χ2n) is 6.93. The lowest BCUT2D eigenvalue weighted by Crippen LogP contribution is -2.50. The number of sulfonamides is 1. The highest BCUT2D eigenvalue weighted by Crippen LogP contribution is 2.31. The van der Waals surface area contributed by atoms with Crippen LogP contribution in [-0.4, -0.2) is 59.9 Å². The van der Waals surface area contributed by atoms with Crippen molar-refractivity contribution in [3.63, 3.8) is 0 Å². The number of benzene rings is 2. The van der Waals surface area contributed by atoms with Gasteiger partial charge in [0.25, 0.3) is 0 Å². The molecule has 4 rings (SSSR count). The quantitative estimate of drug-likeness (QED) is 0.588. The van der Waals surface area contributed by atoms with Crippen molar-refractivity contribution in [3.05, 3.63) is 64.8 Å². The van der Waals surface area contributed by atoms with E-state index in [0.717, 1.165) is 15.4 Å². The molecule has 1 aliphatic heterocycles. The SMILES string of the molecule is O=C(O)C(c1c[nH]c2cc(Br)ccc12)N1CCN(S(=O)(=O)c2ccccc2)CC1. The van der Waals surface area contributed by atoms with Crippen LogP contribution in [0.2, 0.25) is 0 Å². The first-order valence-corrected chi connectivity index (χ1v) is 11.4. The number of hydrogen-bond acceptors (Lipinski definition) is 4. The molecule has 3 aromatic rings. The van der Waals surface area contributed by atoms with Gasteiger partial charge >= 0.3 is 5.97 Å². The van der Waals surface area contributed by atoms with Gasteiger partial charge in [0.15, 0.2) is 0 Å². The average molecular weight is 478 g/mol. The summed E-state index contributed by atoms with van der Waals surface area (Å²) in [4.78, 5) is 17.3. The third-order valence-electron chi connectivity index (χ3n) is 5.22. The number of carbonyl (C=O) groups is 1. The van der Waals surface area contributed by atoms with Crippen molar-refractivity contribution in [3.8, 4) is 0 Å². The second-order valence-corrected chi connectivity index (χ2v) is 9.78. The molecule has 1 atom stereocenters. The molecule has 0 saturated carbocycles. The zero-order valence-corrected chi connectivity index (χ0v) is 17.9. The van der Waals surface area contributed by atoms with Gasteiger partial charge in [0.1, 0.15) is 6.04 Å². The Bertz CT molecular complexity index is 1140. The summed E-state index contributed by atoms with van der Waals surface area (Å²) < 4.78 is 28.0. The number of nitrogens with one attached hydrogen (secondary N) is 1. The van der Waals surface area contributed by atoms with E-state index in [9.17, 15) is 18.3 Å². The molecule has 0 aliphatic carbocycles. The molecule has 2 aromatic carbocycles. The number of carboxylic acids is 1. The molecule has 29 heavy (non-hydrogen) atoms. The Morgan fingerprint density at radius 2 is 1.76 bits per heavy atom. The summed E-state index contributed by atoms with van der Waals surface area (Å²) >= 11 is 3.42. The maximum absolute atomic E-state index is 12.8. The smallest absolute Gasteiger partial charge is 0.325 e. The molecule has 1 aliphatic rings. The van der Waals surface area contributed by atoms with Crippen LogP contribution in [0.3, 0.4) is 0 Å². The standard InChI is InChI=1S/C20H20BrN3O4S/c21-14-6-7-16-17(13-22-18(16)12-14)19(20(25)26)23-8-10-24(11-9-23)29(27,28)15-4-2-1-3-5-15/h1-7,12-13,19,22H,8-11H2,(H,25,26). The molecule has 0 bridgehead atoms. The van der Waals surface area contributed by atoms with Crippen LogP contribution >= 0.6 is 15.9 Å². The lowest BCUT2D eigenvalue weighted by molar-refractivity contribution is -0.144. The molecule has 9 heteroatoms. The highest BCUT2D eigenvalue weighted by Gasteiger charge is 2.35. The summed E-state index contributed by atoms with van der Waals surface area (Å²) in [6.07, 6.45) is 1.73. The molecule has 152 valence electrons. The van der Waals surface area contributed by atoms with E-state index in [1.54, 1.807) is 36.5 Å². The van der Waals surface area contributed by atoms with E-state index in [2.05, 4.69) is 20.9 Å². The van der Waals surface area contributed by atoms with Gasteiger partial charge in [-0.15, -0.1) is 0 Å². The van der Waals surface area contributed by atoms with Crippen LogP contribution in [-0.2, 0) is 14.8 Å². The molecule has 7 nitrogen and oxygen atoms in total. The monoisotopic (exact) mass is 477 g/mol. The first-order chi connectivity index (χ1) is 13.9. The predicted octanol–water partition coefficient (Wildman–Crippen LogP) is 3.06. The van der Waals surface area contributed by atoms with Crippen molar-refractivity contribution in [1.29, 1.82) is 0 Å². The number of rotatable bonds is 5. The van der Waals surface area contributed by atoms with Gasteiger partial charge in [0.2, 0.25) is 10.0 Å². The molecule has 1 unspecified atom stereocenters. The Balaban J connectivity index is 1.56. The number of carboxylic acid groups (broad SMARTS) is 1. The molecule has 2 N–H and O–H groups in total. The fraction of sp³-hybridized carbons (Fsp3) is 0.250. The second kappa shape index (κ2) is 7.91. The number of aromatic nitrogens is 1. The minimum atomic E-state index is -3.58. The van der Waals surface area contributed by atoms with Gasteiger partial charge in [0.05, 0.1) is 4.90 Å². The number of aromatic amines is 1. The van der Waals surface area contributed by atoms with Crippen LogP contribution in [0.1, 0.15) is 11.6 Å². The van der Waals surface area contributed by atoms with Gasteiger partial charge < -0.3 is 10.1 Å². The summed E-state index contributed by atoms with van der Waals surface area (Å²) in [6.45, 7) is 1.17. The molecular formula is C20H20BrN3O4S. The van der Waals surface area contributed by atoms with Crippen LogP contribution in [0, 0.1) is 0 Å². The molecule has 1 fully saturated rings. The number of H-pyrrole nitrogens is 1. The summed E-state index contributed by atoms with van der Waals surface area (Å²) in [5, 5.41) is 10.8. The van der Waals surface area contributed by atoms with Crippen LogP contribution in [0.4, 0.5) is 0 Å². The fourth-order valence-electron chi connectivity index (χ4n) is 3.78. The van der Waals surface area contributed by atoms with Crippen LogP contribution < -0.4 is 0 Å². The average Bonchev–Trinajstić information content (AvgIpc) is 3.11. The topological polar surface area (TPSA) is 93.7 Å². The van der Waals surface area contributed by atoms with Crippen molar-refractivity contribution < 1.29 is 18.3 Å². The zero-order valence-electron chi connectivity index (χ0n) is 15.5. The number of halogens is 1. The lowest BCUT2D eigenvalue weighted by Gasteiger charge is -2.37. The Hall–Kier alpha value is -2.20. The van der Waals surface area contributed by atoms with E-state index in [0.29, 0.717) is 18.7 Å². The minimum absolute atomic E-state index is 0.245. The first kappa shape index (κ1) is 20.1. The largest absolute Gasteiger partial charge is 0.480 e. The van der Waals surface area contributed by atoms with Crippen molar-refractivity contribution in [1.82, 2.24) is 14.2 Å². The van der Waals surface area contributed by atoms with Crippen molar-refractivity contribution in [2.45, 2.75) is 10.9 Å². The third-order valence-corrected chi connectivity index (χ3v) is 7.63. The molecule has 0 amide bonds. The third kappa shape index (κ3) is 3.83. The summed E-state index contributed by atoms with van der Waals surface area (Å²) in [5.74, 6) is -0.951. The first-order valence-electron chi connectivity index (χ1n) is 9.16. The molecule has 2 heterocycles. The lowest BCUT2D eigenvalue weighted by atomic mass is 10.0. The molecule has 1 aromatic heterocycles. The Labute approximate surface area is 177 Å². The number of aliphatic carboxylic acids is 1. The van der Waals surface area contributed by atoms with E-state index in [1.807, 2.05) is 23.1 Å². The van der Waals surface area contributed by atoms with Gasteiger partial charge in [-0.25, -0.2) is 8.42 Å². The summed E-state index contributed by atoms with van der Waals surface area (Å²) in [7, 11) is -3.58. The van der Waals surface area contributed by atoms with Crippen LogP contribution in [0.5, 0.6) is 0 Å².